The Morgan fingerprint density at radius 3 is 1.18 bits per heavy atom. The SMILES string of the molecule is CC(C)(C)c1ccc2c(c1)c1cc(C(C)(C)C)ccc1n2-c1ccc(-c2nc(-c3ccccc3)nc(-c3ccccc3)n2)cc1-c1nc(-c2ccccc2)nc(-c2cccc(-c3ccc4c5c3N(c3ccccc3)c3ccccc3B5c3ccccc3N4c3ccccc3)c2)n1. The number of hydrogen-bond donors (Lipinski definition) is 0. The molecule has 15 aromatic rings. The van der Waals surface area contributed by atoms with Gasteiger partial charge in [-0.05, 0) is 135 Å². The highest BCUT2D eigenvalue weighted by Crippen LogP contribution is 2.49. The van der Waals surface area contributed by atoms with Gasteiger partial charge in [-0.2, -0.15) is 0 Å². The van der Waals surface area contributed by atoms with E-state index in [1.165, 1.54) is 44.0 Å². The smallest absolute Gasteiger partial charge is 0.252 e. The first-order valence-corrected chi connectivity index (χ1v) is 33.0. The van der Waals surface area contributed by atoms with Crippen LogP contribution in [0.25, 0.3) is 107 Å². The lowest BCUT2D eigenvalue weighted by molar-refractivity contribution is 0.590. The first kappa shape index (κ1) is 58.0. The van der Waals surface area contributed by atoms with E-state index in [2.05, 4.69) is 268 Å². The third-order valence-corrected chi connectivity index (χ3v) is 19.0. The molecule has 17 rings (SSSR count). The molecule has 12 aromatic carbocycles. The summed E-state index contributed by atoms with van der Waals surface area (Å²) >= 11 is 0. The van der Waals surface area contributed by atoms with Crippen molar-refractivity contribution in [1.29, 1.82) is 0 Å². The van der Waals surface area contributed by atoms with Gasteiger partial charge in [0.25, 0.3) is 6.71 Å². The van der Waals surface area contributed by atoms with E-state index in [1.807, 2.05) is 78.9 Å². The average Bonchev–Trinajstić information content (AvgIpc) is 0.932. The van der Waals surface area contributed by atoms with E-state index >= 15 is 0 Å². The third-order valence-electron chi connectivity index (χ3n) is 19.0. The predicted octanol–water partition coefficient (Wildman–Crippen LogP) is 19.5. The van der Waals surface area contributed by atoms with Crippen LogP contribution < -0.4 is 26.2 Å². The fourth-order valence-electron chi connectivity index (χ4n) is 14.2. The maximum atomic E-state index is 5.71. The minimum absolute atomic E-state index is 0.0574. The van der Waals surface area contributed by atoms with Crippen molar-refractivity contribution in [1.82, 2.24) is 34.5 Å². The standard InChI is InChI=1S/C86H66BN9/c1-85(2,3)61-44-48-71-66(53-61)67-54-62(86(4,5)6)45-49-72(67)96(71)73-47-43-60(83-89-79(55-27-12-7-13-28-55)88-80(90-83)56-29-14-8-15-30-56)52-68(73)84-92-81(57-31-16-9-17-32-57)91-82(93-84)59-34-26-33-58(51-59)65-46-50-76-77-78(65)95(64-37-20-11-21-38-64)75-42-25-23-40-70(75)87(77)69-39-22-24-41-74(69)94(76)63-35-18-10-19-36-63/h7-54H,1-6H3. The average molecular weight is 1240 g/mol. The Kier molecular flexibility index (Phi) is 13.9. The van der Waals surface area contributed by atoms with Crippen LogP contribution in [0.5, 0.6) is 0 Å². The topological polar surface area (TPSA) is 88.7 Å². The van der Waals surface area contributed by atoms with Crippen molar-refractivity contribution in [3.8, 4) is 85.1 Å². The van der Waals surface area contributed by atoms with Crippen molar-refractivity contribution < 1.29 is 0 Å². The molecular weight excluding hydrogens is 1170 g/mol. The van der Waals surface area contributed by atoms with Crippen LogP contribution in [0.4, 0.5) is 34.1 Å². The molecule has 10 heteroatoms. The summed E-state index contributed by atoms with van der Waals surface area (Å²) in [5.41, 5.74) is 23.0. The molecule has 0 saturated carbocycles. The number of benzene rings is 12. The van der Waals surface area contributed by atoms with Crippen molar-refractivity contribution >= 4 is 79.0 Å². The molecule has 2 aliphatic heterocycles. The van der Waals surface area contributed by atoms with Gasteiger partial charge >= 0.3 is 0 Å². The molecule has 5 heterocycles. The second-order valence-corrected chi connectivity index (χ2v) is 27.1. The van der Waals surface area contributed by atoms with E-state index in [0.717, 1.165) is 89.7 Å². The maximum Gasteiger partial charge on any atom is 0.252 e. The van der Waals surface area contributed by atoms with Gasteiger partial charge in [-0.3, -0.25) is 0 Å². The summed E-state index contributed by atoms with van der Waals surface area (Å²) in [6.45, 7) is 13.6. The van der Waals surface area contributed by atoms with Crippen LogP contribution >= 0.6 is 0 Å². The van der Waals surface area contributed by atoms with Gasteiger partial charge in [-0.25, -0.2) is 29.9 Å². The fourth-order valence-corrected chi connectivity index (χ4v) is 14.2. The highest BCUT2D eigenvalue weighted by Gasteiger charge is 2.44. The monoisotopic (exact) mass is 1240 g/mol. The molecule has 0 amide bonds. The Labute approximate surface area is 559 Å². The normalized spacial score (nSPS) is 12.6. The minimum atomic E-state index is -0.0901. The molecule has 0 fully saturated rings. The molecule has 0 atom stereocenters. The highest BCUT2D eigenvalue weighted by atomic mass is 15.2. The number of para-hydroxylation sites is 4. The van der Waals surface area contributed by atoms with Crippen molar-refractivity contribution in [2.45, 2.75) is 52.4 Å². The van der Waals surface area contributed by atoms with Crippen LogP contribution in [0, 0.1) is 0 Å². The molecule has 0 bridgehead atoms. The van der Waals surface area contributed by atoms with E-state index in [1.54, 1.807) is 0 Å². The summed E-state index contributed by atoms with van der Waals surface area (Å²) in [5, 5.41) is 2.35. The maximum absolute atomic E-state index is 5.71. The van der Waals surface area contributed by atoms with Crippen LogP contribution in [0.1, 0.15) is 52.7 Å². The molecule has 458 valence electrons. The zero-order valence-electron chi connectivity index (χ0n) is 54.3. The van der Waals surface area contributed by atoms with E-state index in [9.17, 15) is 0 Å². The minimum Gasteiger partial charge on any atom is -0.311 e. The van der Waals surface area contributed by atoms with E-state index in [-0.39, 0.29) is 17.5 Å². The van der Waals surface area contributed by atoms with Crippen LogP contribution in [0.15, 0.2) is 291 Å². The fraction of sp³-hybridized carbons (Fsp3) is 0.0930. The van der Waals surface area contributed by atoms with Crippen molar-refractivity contribution in [3.05, 3.63) is 302 Å². The lowest BCUT2D eigenvalue weighted by atomic mass is 9.33. The summed E-state index contributed by atoms with van der Waals surface area (Å²) in [4.78, 5) is 37.4. The Balaban J connectivity index is 0.914. The quantitative estimate of drug-likeness (QED) is 0.125. The van der Waals surface area contributed by atoms with Crippen LogP contribution in [0.3, 0.4) is 0 Å². The van der Waals surface area contributed by atoms with Gasteiger partial charge in [-0.15, -0.1) is 0 Å². The third kappa shape index (κ3) is 10.0. The number of fused-ring (bicyclic) bond motifs is 7. The lowest BCUT2D eigenvalue weighted by Gasteiger charge is -2.45. The second-order valence-electron chi connectivity index (χ2n) is 27.1. The van der Waals surface area contributed by atoms with Crippen LogP contribution in [0.2, 0.25) is 0 Å². The zero-order valence-corrected chi connectivity index (χ0v) is 54.3. The van der Waals surface area contributed by atoms with Crippen LogP contribution in [-0.4, -0.2) is 41.2 Å². The van der Waals surface area contributed by atoms with Gasteiger partial charge in [0.05, 0.1) is 22.4 Å². The van der Waals surface area contributed by atoms with Gasteiger partial charge in [0.1, 0.15) is 0 Å². The van der Waals surface area contributed by atoms with Gasteiger partial charge < -0.3 is 14.4 Å². The molecule has 0 aliphatic carbocycles. The molecule has 3 aromatic heterocycles. The molecule has 0 N–H and O–H groups in total. The Morgan fingerprint density at radius 1 is 0.281 bits per heavy atom. The first-order chi connectivity index (χ1) is 46.9. The molecule has 0 radical (unpaired) electrons. The number of aromatic nitrogens is 7. The Morgan fingerprint density at radius 2 is 0.677 bits per heavy atom. The molecule has 0 saturated heterocycles. The lowest BCUT2D eigenvalue weighted by Crippen LogP contribution is -2.61. The van der Waals surface area contributed by atoms with E-state index in [4.69, 9.17) is 29.9 Å². The number of nitrogens with zero attached hydrogens (tertiary/aromatic N) is 9. The zero-order chi connectivity index (χ0) is 64.8. The Bertz CT molecular complexity index is 5370. The van der Waals surface area contributed by atoms with Gasteiger partial charge in [-0.1, -0.05) is 242 Å². The molecule has 0 spiro atoms. The van der Waals surface area contributed by atoms with Crippen molar-refractivity contribution in [3.63, 3.8) is 0 Å². The van der Waals surface area contributed by atoms with Gasteiger partial charge in [0, 0.05) is 78.2 Å². The summed E-state index contributed by atoms with van der Waals surface area (Å²) in [6, 6.07) is 104. The molecule has 9 nitrogen and oxygen atoms in total. The molecular formula is C86H66BN9. The van der Waals surface area contributed by atoms with Crippen molar-refractivity contribution in [2.75, 3.05) is 9.80 Å². The number of hydrogen-bond acceptors (Lipinski definition) is 8. The Hall–Kier alpha value is -11.9. The van der Waals surface area contributed by atoms with E-state index < -0.39 is 0 Å². The van der Waals surface area contributed by atoms with Crippen LogP contribution in [-0.2, 0) is 10.8 Å². The summed E-state index contributed by atoms with van der Waals surface area (Å²) in [7, 11) is 0. The molecule has 96 heavy (non-hydrogen) atoms. The van der Waals surface area contributed by atoms with E-state index in [0.29, 0.717) is 34.9 Å². The largest absolute Gasteiger partial charge is 0.311 e. The highest BCUT2D eigenvalue weighted by molar-refractivity contribution is 7.00. The molecule has 0 unspecified atom stereocenters. The van der Waals surface area contributed by atoms with Gasteiger partial charge in [0.2, 0.25) is 0 Å². The predicted molar refractivity (Wildman–Crippen MR) is 397 cm³/mol. The number of rotatable bonds is 10. The number of anilines is 6. The summed E-state index contributed by atoms with van der Waals surface area (Å²) < 4.78 is 2.40. The first-order valence-electron chi connectivity index (χ1n) is 33.0. The molecule has 2 aliphatic rings. The van der Waals surface area contributed by atoms with Crippen molar-refractivity contribution in [2.24, 2.45) is 0 Å². The second kappa shape index (κ2) is 23.0. The summed E-state index contributed by atoms with van der Waals surface area (Å²) in [5.74, 6) is 3.23. The summed E-state index contributed by atoms with van der Waals surface area (Å²) in [6.07, 6.45) is 0. The van der Waals surface area contributed by atoms with Gasteiger partial charge in [0.15, 0.2) is 34.9 Å².